The Labute approximate surface area is 128 Å². The summed E-state index contributed by atoms with van der Waals surface area (Å²) in [4.78, 5) is 10.7. The highest BCUT2D eigenvalue weighted by molar-refractivity contribution is 14.1. The van der Waals surface area contributed by atoms with Crippen molar-refractivity contribution in [3.63, 3.8) is 0 Å². The lowest BCUT2D eigenvalue weighted by Gasteiger charge is -2.15. The van der Waals surface area contributed by atoms with E-state index in [0.29, 0.717) is 13.2 Å². The third-order valence-corrected chi connectivity index (χ3v) is 4.24. The van der Waals surface area contributed by atoms with Gasteiger partial charge >= 0.3 is 0 Å². The van der Waals surface area contributed by atoms with Crippen LogP contribution in [0.2, 0.25) is 0 Å². The summed E-state index contributed by atoms with van der Waals surface area (Å²) in [5, 5.41) is 2.74. The van der Waals surface area contributed by atoms with E-state index >= 15 is 0 Å². The van der Waals surface area contributed by atoms with Crippen LogP contribution in [0.4, 0.5) is 0 Å². The van der Waals surface area contributed by atoms with Crippen molar-refractivity contribution in [1.82, 2.24) is 5.32 Å². The molecule has 4 nitrogen and oxygen atoms in total. The number of ether oxygens (including phenoxy) is 1. The number of amides is 1. The van der Waals surface area contributed by atoms with E-state index in [9.17, 15) is 4.79 Å². The van der Waals surface area contributed by atoms with Gasteiger partial charge in [0.2, 0.25) is 5.91 Å². The maximum absolute atomic E-state index is 10.7. The van der Waals surface area contributed by atoms with E-state index < -0.39 is 0 Å². The van der Waals surface area contributed by atoms with Crippen molar-refractivity contribution in [3.05, 3.63) is 26.8 Å². The maximum Gasteiger partial charge on any atom is 0.216 e. The van der Waals surface area contributed by atoms with Crippen LogP contribution in [0, 0.1) is 10.5 Å². The zero-order valence-corrected chi connectivity index (χ0v) is 13.8. The molecular formula is C14H21IN2O2. The Hall–Kier alpha value is -0.820. The summed E-state index contributed by atoms with van der Waals surface area (Å²) in [7, 11) is 0. The molecule has 0 heterocycles. The summed E-state index contributed by atoms with van der Waals surface area (Å²) in [6, 6.07) is 4.01. The van der Waals surface area contributed by atoms with Crippen molar-refractivity contribution in [3.8, 4) is 5.75 Å². The van der Waals surface area contributed by atoms with Crippen molar-refractivity contribution in [1.29, 1.82) is 0 Å². The molecule has 1 aromatic rings. The molecule has 1 aromatic carbocycles. The Morgan fingerprint density at radius 2 is 2.21 bits per heavy atom. The van der Waals surface area contributed by atoms with Gasteiger partial charge in [-0.05, 0) is 54.5 Å². The van der Waals surface area contributed by atoms with Crippen LogP contribution in [-0.2, 0) is 4.79 Å². The highest BCUT2D eigenvalue weighted by atomic mass is 127. The molecule has 0 aliphatic heterocycles. The third kappa shape index (κ3) is 4.99. The van der Waals surface area contributed by atoms with Gasteiger partial charge < -0.3 is 15.8 Å². The second-order valence-corrected chi connectivity index (χ2v) is 5.64. The van der Waals surface area contributed by atoms with Crippen LogP contribution in [0.3, 0.4) is 0 Å². The van der Waals surface area contributed by atoms with E-state index in [1.54, 1.807) is 0 Å². The predicted molar refractivity (Wildman–Crippen MR) is 85.3 cm³/mol. The van der Waals surface area contributed by atoms with Gasteiger partial charge in [0.25, 0.3) is 0 Å². The molecule has 0 aliphatic rings. The minimum atomic E-state index is -0.00739. The van der Waals surface area contributed by atoms with E-state index in [-0.39, 0.29) is 11.9 Å². The van der Waals surface area contributed by atoms with Gasteiger partial charge in [0.15, 0.2) is 0 Å². The van der Waals surface area contributed by atoms with Gasteiger partial charge in [-0.1, -0.05) is 6.07 Å². The summed E-state index contributed by atoms with van der Waals surface area (Å²) >= 11 is 2.31. The number of carbonyl (C=O) groups excluding carboxylic acids is 1. The molecule has 0 spiro atoms. The van der Waals surface area contributed by atoms with E-state index in [1.165, 1.54) is 6.92 Å². The Morgan fingerprint density at radius 1 is 1.53 bits per heavy atom. The maximum atomic E-state index is 10.7. The van der Waals surface area contributed by atoms with E-state index in [4.69, 9.17) is 10.5 Å². The standard InChI is InChI=1S/C14H21IN2O2/c1-9-13(19-8-4-7-17-11(3)18)6-5-12(10(2)16)14(9)15/h5-6,10H,4,7-8,16H2,1-3H3,(H,17,18). The number of hydrogen-bond acceptors (Lipinski definition) is 3. The fourth-order valence-electron chi connectivity index (χ4n) is 1.72. The van der Waals surface area contributed by atoms with Crippen molar-refractivity contribution in [2.45, 2.75) is 33.2 Å². The van der Waals surface area contributed by atoms with Crippen molar-refractivity contribution < 1.29 is 9.53 Å². The molecule has 1 amide bonds. The summed E-state index contributed by atoms with van der Waals surface area (Å²) in [6.45, 7) is 6.76. The number of halogens is 1. The van der Waals surface area contributed by atoms with E-state index in [0.717, 1.165) is 26.9 Å². The lowest BCUT2D eigenvalue weighted by atomic mass is 10.1. The fraction of sp³-hybridized carbons (Fsp3) is 0.500. The molecule has 1 unspecified atom stereocenters. The van der Waals surface area contributed by atoms with Crippen LogP contribution < -0.4 is 15.8 Å². The average molecular weight is 376 g/mol. The van der Waals surface area contributed by atoms with Gasteiger partial charge in [0, 0.05) is 28.6 Å². The smallest absolute Gasteiger partial charge is 0.216 e. The lowest BCUT2D eigenvalue weighted by molar-refractivity contribution is -0.118. The van der Waals surface area contributed by atoms with Crippen molar-refractivity contribution >= 4 is 28.5 Å². The molecule has 3 N–H and O–H groups in total. The molecule has 0 bridgehead atoms. The van der Waals surface area contributed by atoms with E-state index in [2.05, 4.69) is 27.9 Å². The molecule has 106 valence electrons. The number of nitrogens with one attached hydrogen (secondary N) is 1. The molecule has 0 fully saturated rings. The largest absolute Gasteiger partial charge is 0.493 e. The number of nitrogens with two attached hydrogens (primary N) is 1. The monoisotopic (exact) mass is 376 g/mol. The van der Waals surface area contributed by atoms with Crippen LogP contribution in [0.1, 0.15) is 37.4 Å². The zero-order valence-electron chi connectivity index (χ0n) is 11.6. The summed E-state index contributed by atoms with van der Waals surface area (Å²) < 4.78 is 6.90. The molecule has 0 aromatic heterocycles. The highest BCUT2D eigenvalue weighted by Crippen LogP contribution is 2.29. The van der Waals surface area contributed by atoms with Crippen molar-refractivity contribution in [2.24, 2.45) is 5.73 Å². The lowest BCUT2D eigenvalue weighted by Crippen LogP contribution is -2.22. The quantitative estimate of drug-likeness (QED) is 0.593. The topological polar surface area (TPSA) is 64.3 Å². The van der Waals surface area contributed by atoms with Gasteiger partial charge in [-0.25, -0.2) is 0 Å². The van der Waals surface area contributed by atoms with Crippen LogP contribution >= 0.6 is 22.6 Å². The summed E-state index contributed by atoms with van der Waals surface area (Å²) in [5.41, 5.74) is 8.18. The van der Waals surface area contributed by atoms with Gasteiger partial charge in [0.1, 0.15) is 5.75 Å². The molecule has 0 saturated carbocycles. The summed E-state index contributed by atoms with van der Waals surface area (Å²) in [6.07, 6.45) is 0.796. The van der Waals surface area contributed by atoms with Crippen LogP contribution in [0.5, 0.6) is 5.75 Å². The van der Waals surface area contributed by atoms with Crippen LogP contribution in [0.15, 0.2) is 12.1 Å². The Kier molecular flexibility index (Phi) is 6.57. The Bertz CT molecular complexity index is 447. The normalized spacial score (nSPS) is 12.1. The first kappa shape index (κ1) is 16.2. The predicted octanol–water partition coefficient (Wildman–Crippen LogP) is 2.52. The van der Waals surface area contributed by atoms with Crippen molar-refractivity contribution in [2.75, 3.05) is 13.2 Å². The molecule has 1 atom stereocenters. The number of benzene rings is 1. The third-order valence-electron chi connectivity index (χ3n) is 2.81. The Balaban J connectivity index is 2.55. The van der Waals surface area contributed by atoms with Crippen LogP contribution in [0.25, 0.3) is 0 Å². The minimum Gasteiger partial charge on any atom is -0.493 e. The summed E-state index contributed by atoms with van der Waals surface area (Å²) in [5.74, 6) is 0.878. The molecule has 0 saturated heterocycles. The first-order valence-electron chi connectivity index (χ1n) is 6.35. The molecule has 0 aliphatic carbocycles. The molecular weight excluding hydrogens is 355 g/mol. The Morgan fingerprint density at radius 3 is 2.79 bits per heavy atom. The number of carbonyl (C=O) groups is 1. The van der Waals surface area contributed by atoms with Gasteiger partial charge in [-0.15, -0.1) is 0 Å². The van der Waals surface area contributed by atoms with Gasteiger partial charge in [-0.3, -0.25) is 4.79 Å². The molecule has 0 radical (unpaired) electrons. The SMILES string of the molecule is CC(=O)NCCCOc1ccc(C(C)N)c(I)c1C. The number of rotatable bonds is 6. The first-order valence-corrected chi connectivity index (χ1v) is 7.43. The second kappa shape index (κ2) is 7.69. The molecule has 1 rings (SSSR count). The van der Waals surface area contributed by atoms with Crippen LogP contribution in [-0.4, -0.2) is 19.1 Å². The van der Waals surface area contributed by atoms with Gasteiger partial charge in [-0.2, -0.15) is 0 Å². The molecule has 5 heteroatoms. The first-order chi connectivity index (χ1) is 8.93. The van der Waals surface area contributed by atoms with Gasteiger partial charge in [0.05, 0.1) is 6.61 Å². The number of hydrogen-bond donors (Lipinski definition) is 2. The van der Waals surface area contributed by atoms with E-state index in [1.807, 2.05) is 26.0 Å². The second-order valence-electron chi connectivity index (χ2n) is 4.57. The zero-order chi connectivity index (χ0) is 14.4. The molecule has 19 heavy (non-hydrogen) atoms. The highest BCUT2D eigenvalue weighted by Gasteiger charge is 2.11. The minimum absolute atomic E-state index is 0.00739. The average Bonchev–Trinajstić information content (AvgIpc) is 2.33. The fourth-order valence-corrected chi connectivity index (χ4v) is 2.65.